The Labute approximate surface area is 187 Å². The predicted molar refractivity (Wildman–Crippen MR) is 117 cm³/mol. The van der Waals surface area contributed by atoms with Crippen LogP contribution in [-0.2, 0) is 13.0 Å². The fourth-order valence-electron chi connectivity index (χ4n) is 4.00. The van der Waals surface area contributed by atoms with Gasteiger partial charge in [-0.2, -0.15) is 0 Å². The summed E-state index contributed by atoms with van der Waals surface area (Å²) in [5, 5.41) is 12.6. The molecule has 0 saturated carbocycles. The zero-order valence-corrected chi connectivity index (χ0v) is 17.9. The van der Waals surface area contributed by atoms with Gasteiger partial charge in [0.25, 0.3) is 0 Å². The highest BCUT2D eigenvalue weighted by Crippen LogP contribution is 2.32. The molecule has 5 rings (SSSR count). The standard InChI is InChI=1S/C23H20FN5O4/c1-12-7-20(32-2)25-8-14(12)16-10-27-23(29-11-18(22(30)31)28-21(16)29)26-9-15-13-5-6-33-19(13)4-3-17(15)24/h3-4,7-8,10-11H,5-6,9H2,1-2H3,(H,26,27)(H,30,31). The maximum atomic E-state index is 14.5. The lowest BCUT2D eigenvalue weighted by Crippen LogP contribution is -2.10. The Hall–Kier alpha value is -4.21. The quantitative estimate of drug-likeness (QED) is 0.460. The summed E-state index contributed by atoms with van der Waals surface area (Å²) in [5.41, 5.74) is 3.80. The number of anilines is 1. The molecule has 0 atom stereocenters. The number of aryl methyl sites for hydroxylation is 1. The molecule has 1 aromatic carbocycles. The van der Waals surface area contributed by atoms with Crippen molar-refractivity contribution in [3.8, 4) is 22.8 Å². The molecule has 0 bridgehead atoms. The number of hydrogen-bond acceptors (Lipinski definition) is 7. The second-order valence-corrected chi connectivity index (χ2v) is 7.62. The van der Waals surface area contributed by atoms with Gasteiger partial charge in [0.2, 0.25) is 11.8 Å². The maximum Gasteiger partial charge on any atom is 0.356 e. The largest absolute Gasteiger partial charge is 0.493 e. The molecule has 2 N–H and O–H groups in total. The Kier molecular flexibility index (Phi) is 5.04. The number of nitrogens with zero attached hydrogens (tertiary/aromatic N) is 4. The Morgan fingerprint density at radius 3 is 2.88 bits per heavy atom. The number of carboxylic acids is 1. The van der Waals surface area contributed by atoms with Gasteiger partial charge >= 0.3 is 5.97 Å². The summed E-state index contributed by atoms with van der Waals surface area (Å²) in [4.78, 5) is 24.7. The number of carboxylic acid groups (broad SMARTS) is 1. The van der Waals surface area contributed by atoms with E-state index in [0.29, 0.717) is 47.4 Å². The van der Waals surface area contributed by atoms with Gasteiger partial charge in [0.05, 0.1) is 13.7 Å². The lowest BCUT2D eigenvalue weighted by molar-refractivity contribution is 0.0691. The number of methoxy groups -OCH3 is 1. The van der Waals surface area contributed by atoms with Gasteiger partial charge in [-0.1, -0.05) is 0 Å². The van der Waals surface area contributed by atoms with Crippen LogP contribution in [0.15, 0.2) is 36.8 Å². The van der Waals surface area contributed by atoms with Crippen LogP contribution in [0.3, 0.4) is 0 Å². The molecule has 9 nitrogen and oxygen atoms in total. The second-order valence-electron chi connectivity index (χ2n) is 7.62. The van der Waals surface area contributed by atoms with Crippen molar-refractivity contribution in [1.29, 1.82) is 0 Å². The molecule has 1 aliphatic heterocycles. The molecule has 0 fully saturated rings. The summed E-state index contributed by atoms with van der Waals surface area (Å²) in [5.74, 6) is -0.0149. The van der Waals surface area contributed by atoms with Crippen LogP contribution in [0.1, 0.15) is 27.2 Å². The third-order valence-corrected chi connectivity index (χ3v) is 5.66. The van der Waals surface area contributed by atoms with E-state index in [4.69, 9.17) is 9.47 Å². The number of aromatic nitrogens is 4. The highest BCUT2D eigenvalue weighted by atomic mass is 19.1. The lowest BCUT2D eigenvalue weighted by atomic mass is 10.0. The molecule has 33 heavy (non-hydrogen) atoms. The number of carbonyl (C=O) groups is 1. The summed E-state index contributed by atoms with van der Waals surface area (Å²) in [6.45, 7) is 2.56. The Morgan fingerprint density at radius 2 is 2.12 bits per heavy atom. The van der Waals surface area contributed by atoms with Crippen molar-refractivity contribution in [2.24, 2.45) is 0 Å². The maximum absolute atomic E-state index is 14.5. The first-order valence-electron chi connectivity index (χ1n) is 10.3. The van der Waals surface area contributed by atoms with E-state index in [2.05, 4.69) is 20.3 Å². The summed E-state index contributed by atoms with van der Waals surface area (Å²) in [6, 6.07) is 4.79. The smallest absolute Gasteiger partial charge is 0.356 e. The number of fused-ring (bicyclic) bond motifs is 2. The molecule has 0 spiro atoms. The molecular formula is C23H20FN5O4. The molecule has 0 aliphatic carbocycles. The molecule has 168 valence electrons. The van der Waals surface area contributed by atoms with Gasteiger partial charge in [-0.05, 0) is 24.6 Å². The Morgan fingerprint density at radius 1 is 1.30 bits per heavy atom. The minimum absolute atomic E-state index is 0.133. The number of imidazole rings is 1. The van der Waals surface area contributed by atoms with Crippen LogP contribution >= 0.6 is 0 Å². The third kappa shape index (κ3) is 3.59. The average Bonchev–Trinajstić information content (AvgIpc) is 3.46. The molecule has 0 radical (unpaired) electrons. The van der Waals surface area contributed by atoms with E-state index < -0.39 is 5.97 Å². The van der Waals surface area contributed by atoms with E-state index in [1.54, 1.807) is 28.9 Å². The number of benzene rings is 1. The third-order valence-electron chi connectivity index (χ3n) is 5.66. The van der Waals surface area contributed by atoms with Gasteiger partial charge in [-0.15, -0.1) is 0 Å². The number of ether oxygens (including phenoxy) is 2. The van der Waals surface area contributed by atoms with Crippen molar-refractivity contribution in [2.75, 3.05) is 19.0 Å². The van der Waals surface area contributed by atoms with Crippen molar-refractivity contribution in [3.63, 3.8) is 0 Å². The van der Waals surface area contributed by atoms with Gasteiger partial charge in [0, 0.05) is 59.9 Å². The van der Waals surface area contributed by atoms with Gasteiger partial charge in [0.1, 0.15) is 17.2 Å². The number of pyridine rings is 1. The summed E-state index contributed by atoms with van der Waals surface area (Å²) >= 11 is 0. The number of hydrogen-bond donors (Lipinski definition) is 2. The minimum Gasteiger partial charge on any atom is -0.493 e. The van der Waals surface area contributed by atoms with Gasteiger partial charge in [-0.3, -0.25) is 4.40 Å². The number of halogens is 1. The van der Waals surface area contributed by atoms with Gasteiger partial charge in [-0.25, -0.2) is 24.1 Å². The first-order valence-corrected chi connectivity index (χ1v) is 10.3. The fourth-order valence-corrected chi connectivity index (χ4v) is 4.00. The number of rotatable bonds is 6. The van der Waals surface area contributed by atoms with Crippen LogP contribution in [0, 0.1) is 12.7 Å². The molecule has 3 aromatic heterocycles. The normalized spacial score (nSPS) is 12.5. The highest BCUT2D eigenvalue weighted by Gasteiger charge is 2.21. The van der Waals surface area contributed by atoms with Crippen LogP contribution in [-0.4, -0.2) is 44.1 Å². The molecule has 0 saturated heterocycles. The SMILES string of the molecule is COc1cc(C)c(-c2cnc(NCc3c(F)ccc4c3CCO4)n3cc(C(=O)O)nc23)cn1. The molecule has 4 heterocycles. The topological polar surface area (TPSA) is 111 Å². The molecule has 4 aromatic rings. The zero-order chi connectivity index (χ0) is 23.1. The van der Waals surface area contributed by atoms with Crippen molar-refractivity contribution < 1.29 is 23.8 Å². The lowest BCUT2D eigenvalue weighted by Gasteiger charge is -2.13. The van der Waals surface area contributed by atoms with Crippen LogP contribution in [0.4, 0.5) is 10.3 Å². The molecular weight excluding hydrogens is 429 g/mol. The fraction of sp³-hybridized carbons (Fsp3) is 0.217. The van der Waals surface area contributed by atoms with E-state index in [-0.39, 0.29) is 18.1 Å². The van der Waals surface area contributed by atoms with Crippen molar-refractivity contribution in [3.05, 3.63) is 65.0 Å². The molecule has 10 heteroatoms. The van der Waals surface area contributed by atoms with Gasteiger partial charge in [0.15, 0.2) is 5.69 Å². The van der Waals surface area contributed by atoms with Crippen molar-refractivity contribution >= 4 is 17.6 Å². The first kappa shape index (κ1) is 20.7. The van der Waals surface area contributed by atoms with Crippen LogP contribution < -0.4 is 14.8 Å². The number of nitrogens with one attached hydrogen (secondary N) is 1. The molecule has 0 unspecified atom stereocenters. The monoisotopic (exact) mass is 449 g/mol. The van der Waals surface area contributed by atoms with Crippen molar-refractivity contribution in [2.45, 2.75) is 19.9 Å². The minimum atomic E-state index is -1.16. The van der Waals surface area contributed by atoms with E-state index in [9.17, 15) is 14.3 Å². The Balaban J connectivity index is 1.57. The van der Waals surface area contributed by atoms with Gasteiger partial charge < -0.3 is 19.9 Å². The van der Waals surface area contributed by atoms with E-state index in [1.165, 1.54) is 19.4 Å². The predicted octanol–water partition coefficient (Wildman–Crippen LogP) is 3.49. The van der Waals surface area contributed by atoms with Crippen LogP contribution in [0.25, 0.3) is 16.8 Å². The number of aromatic carboxylic acids is 1. The highest BCUT2D eigenvalue weighted by molar-refractivity contribution is 5.88. The molecule has 1 aliphatic rings. The Bertz CT molecular complexity index is 1400. The van der Waals surface area contributed by atoms with E-state index in [1.807, 2.05) is 6.92 Å². The first-order chi connectivity index (χ1) is 16.0. The zero-order valence-electron chi connectivity index (χ0n) is 17.9. The van der Waals surface area contributed by atoms with Crippen LogP contribution in [0.2, 0.25) is 0 Å². The average molecular weight is 449 g/mol. The van der Waals surface area contributed by atoms with Crippen LogP contribution in [0.5, 0.6) is 11.6 Å². The molecule has 0 amide bonds. The summed E-state index contributed by atoms with van der Waals surface area (Å²) < 4.78 is 26.8. The summed E-state index contributed by atoms with van der Waals surface area (Å²) in [7, 11) is 1.53. The van der Waals surface area contributed by atoms with E-state index in [0.717, 1.165) is 16.7 Å². The second kappa shape index (κ2) is 8.05. The summed E-state index contributed by atoms with van der Waals surface area (Å²) in [6.07, 6.45) is 5.25. The van der Waals surface area contributed by atoms with Crippen molar-refractivity contribution in [1.82, 2.24) is 19.4 Å². The van der Waals surface area contributed by atoms with E-state index >= 15 is 0 Å².